The number of hydrogen-bond acceptors (Lipinski definition) is 4. The predicted molar refractivity (Wildman–Crippen MR) is 81.7 cm³/mol. The van der Waals surface area contributed by atoms with Crippen molar-refractivity contribution < 1.29 is 19.4 Å². The summed E-state index contributed by atoms with van der Waals surface area (Å²) in [7, 11) is 1.60. The quantitative estimate of drug-likeness (QED) is 0.755. The summed E-state index contributed by atoms with van der Waals surface area (Å²) in [6.07, 6.45) is 1.92. The van der Waals surface area contributed by atoms with Crippen LogP contribution in [0.3, 0.4) is 0 Å². The van der Waals surface area contributed by atoms with Crippen LogP contribution in [0.15, 0.2) is 24.3 Å². The van der Waals surface area contributed by atoms with Gasteiger partial charge in [0.1, 0.15) is 11.8 Å². The molecule has 1 fully saturated rings. The molecular weight excluding hydrogens is 284 g/mol. The van der Waals surface area contributed by atoms with E-state index in [1.807, 2.05) is 24.3 Å². The first-order valence-corrected chi connectivity index (χ1v) is 7.39. The van der Waals surface area contributed by atoms with Crippen LogP contribution in [-0.2, 0) is 16.1 Å². The molecule has 2 rings (SSSR count). The van der Waals surface area contributed by atoms with Crippen LogP contribution in [0.2, 0.25) is 0 Å². The maximum atomic E-state index is 12.1. The highest BCUT2D eigenvalue weighted by atomic mass is 16.5. The number of methoxy groups -OCH3 is 1. The molecular formula is C16H22N2O4. The first-order chi connectivity index (χ1) is 10.5. The lowest BCUT2D eigenvalue weighted by molar-refractivity contribution is -0.143. The maximum Gasteiger partial charge on any atom is 0.320 e. The highest BCUT2D eigenvalue weighted by molar-refractivity contribution is 5.80. The molecule has 1 atom stereocenters. The van der Waals surface area contributed by atoms with Gasteiger partial charge < -0.3 is 15.2 Å². The molecule has 2 N–H and O–H groups in total. The molecule has 22 heavy (non-hydrogen) atoms. The number of benzene rings is 1. The van der Waals surface area contributed by atoms with Gasteiger partial charge in [-0.25, -0.2) is 0 Å². The van der Waals surface area contributed by atoms with E-state index in [0.29, 0.717) is 6.54 Å². The van der Waals surface area contributed by atoms with Crippen molar-refractivity contribution in [1.29, 1.82) is 0 Å². The van der Waals surface area contributed by atoms with Crippen molar-refractivity contribution >= 4 is 11.9 Å². The summed E-state index contributed by atoms with van der Waals surface area (Å²) in [6, 6.07) is 7.04. The molecule has 0 bridgehead atoms. The van der Waals surface area contributed by atoms with E-state index in [4.69, 9.17) is 9.84 Å². The van der Waals surface area contributed by atoms with Gasteiger partial charge in [0.25, 0.3) is 0 Å². The molecule has 1 amide bonds. The highest BCUT2D eigenvalue weighted by Crippen LogP contribution is 2.28. The van der Waals surface area contributed by atoms with E-state index in [9.17, 15) is 9.59 Å². The molecule has 1 unspecified atom stereocenters. The summed E-state index contributed by atoms with van der Waals surface area (Å²) in [5, 5.41) is 11.9. The lowest BCUT2D eigenvalue weighted by Gasteiger charge is -2.25. The molecule has 0 heterocycles. The summed E-state index contributed by atoms with van der Waals surface area (Å²) in [5.41, 5.74) is 0.942. The van der Waals surface area contributed by atoms with Crippen LogP contribution >= 0.6 is 0 Å². The van der Waals surface area contributed by atoms with Crippen molar-refractivity contribution in [3.63, 3.8) is 0 Å². The van der Waals surface area contributed by atoms with Crippen molar-refractivity contribution in [3.05, 3.63) is 29.8 Å². The largest absolute Gasteiger partial charge is 0.497 e. The molecule has 0 saturated heterocycles. The zero-order valence-corrected chi connectivity index (χ0v) is 12.9. The predicted octanol–water partition coefficient (Wildman–Crippen LogP) is 1.25. The Hall–Kier alpha value is -2.08. The molecule has 0 spiro atoms. The Morgan fingerprint density at radius 2 is 2.18 bits per heavy atom. The van der Waals surface area contributed by atoms with Crippen LogP contribution in [0.5, 0.6) is 5.75 Å². The fourth-order valence-corrected chi connectivity index (χ4v) is 2.34. The van der Waals surface area contributed by atoms with Gasteiger partial charge in [-0.1, -0.05) is 12.1 Å². The lowest BCUT2D eigenvalue weighted by Crippen LogP contribution is -2.46. The van der Waals surface area contributed by atoms with Crippen molar-refractivity contribution in [1.82, 2.24) is 10.2 Å². The van der Waals surface area contributed by atoms with Crippen molar-refractivity contribution in [2.45, 2.75) is 38.4 Å². The average molecular weight is 306 g/mol. The Labute approximate surface area is 130 Å². The van der Waals surface area contributed by atoms with Crippen LogP contribution < -0.4 is 10.1 Å². The summed E-state index contributed by atoms with van der Waals surface area (Å²) in [4.78, 5) is 24.9. The normalized spacial score (nSPS) is 15.4. The first kappa shape index (κ1) is 16.3. The number of hydrogen-bond donors (Lipinski definition) is 2. The number of carbonyl (C=O) groups is 2. The zero-order chi connectivity index (χ0) is 16.1. The SMILES string of the molecule is COc1cccc(CNC(=O)CN(C2CC2)C(C)C(=O)O)c1. The van der Waals surface area contributed by atoms with E-state index in [1.165, 1.54) is 0 Å². The molecule has 0 aromatic heterocycles. The van der Waals surface area contributed by atoms with Gasteiger partial charge in [-0.3, -0.25) is 14.5 Å². The Morgan fingerprint density at radius 3 is 2.77 bits per heavy atom. The Balaban J connectivity index is 1.87. The Bertz CT molecular complexity index is 543. The molecule has 1 aromatic rings. The van der Waals surface area contributed by atoms with Gasteiger partial charge in [0.2, 0.25) is 5.91 Å². The van der Waals surface area contributed by atoms with E-state index in [2.05, 4.69) is 5.32 Å². The molecule has 0 radical (unpaired) electrons. The number of carbonyl (C=O) groups excluding carboxylic acids is 1. The van der Waals surface area contributed by atoms with Crippen LogP contribution in [0, 0.1) is 0 Å². The fourth-order valence-electron chi connectivity index (χ4n) is 2.34. The summed E-state index contributed by atoms with van der Waals surface area (Å²) in [6.45, 7) is 2.13. The van der Waals surface area contributed by atoms with Gasteiger partial charge in [-0.2, -0.15) is 0 Å². The van der Waals surface area contributed by atoms with Gasteiger partial charge in [0.05, 0.1) is 13.7 Å². The number of carboxylic acids is 1. The number of aliphatic carboxylic acids is 1. The highest BCUT2D eigenvalue weighted by Gasteiger charge is 2.36. The number of nitrogens with one attached hydrogen (secondary N) is 1. The van der Waals surface area contributed by atoms with Gasteiger partial charge in [-0.05, 0) is 37.5 Å². The number of nitrogens with zero attached hydrogens (tertiary/aromatic N) is 1. The van der Waals surface area contributed by atoms with E-state index in [1.54, 1.807) is 18.9 Å². The van der Waals surface area contributed by atoms with Gasteiger partial charge >= 0.3 is 5.97 Å². The Morgan fingerprint density at radius 1 is 1.45 bits per heavy atom. The lowest BCUT2D eigenvalue weighted by atomic mass is 10.2. The number of carboxylic acid groups (broad SMARTS) is 1. The van der Waals surface area contributed by atoms with Gasteiger partial charge in [0.15, 0.2) is 0 Å². The van der Waals surface area contributed by atoms with Crippen molar-refractivity contribution in [3.8, 4) is 5.75 Å². The Kier molecular flexibility index (Phi) is 5.38. The smallest absolute Gasteiger partial charge is 0.320 e. The average Bonchev–Trinajstić information content (AvgIpc) is 3.34. The summed E-state index contributed by atoms with van der Waals surface area (Å²) >= 11 is 0. The van der Waals surface area contributed by atoms with Crippen LogP contribution in [0.25, 0.3) is 0 Å². The topological polar surface area (TPSA) is 78.9 Å². The third-order valence-electron chi connectivity index (χ3n) is 3.82. The van der Waals surface area contributed by atoms with Gasteiger partial charge in [0, 0.05) is 12.6 Å². The third-order valence-corrected chi connectivity index (χ3v) is 3.82. The van der Waals surface area contributed by atoms with Crippen LogP contribution in [-0.4, -0.2) is 47.6 Å². The minimum atomic E-state index is -0.896. The molecule has 1 aliphatic carbocycles. The molecule has 120 valence electrons. The number of amides is 1. The molecule has 0 aliphatic heterocycles. The molecule has 1 aromatic carbocycles. The monoisotopic (exact) mass is 306 g/mol. The third kappa shape index (κ3) is 4.46. The second-order valence-electron chi connectivity index (χ2n) is 5.55. The van der Waals surface area contributed by atoms with E-state index in [-0.39, 0.29) is 18.5 Å². The molecule has 1 saturated carbocycles. The minimum Gasteiger partial charge on any atom is -0.497 e. The van der Waals surface area contributed by atoms with E-state index >= 15 is 0 Å². The molecule has 1 aliphatic rings. The number of rotatable bonds is 8. The van der Waals surface area contributed by atoms with Crippen LogP contribution in [0.1, 0.15) is 25.3 Å². The van der Waals surface area contributed by atoms with E-state index < -0.39 is 12.0 Å². The van der Waals surface area contributed by atoms with Gasteiger partial charge in [-0.15, -0.1) is 0 Å². The second kappa shape index (κ2) is 7.26. The standard InChI is InChI=1S/C16H22N2O4/c1-11(16(20)21)18(13-6-7-13)10-15(19)17-9-12-4-3-5-14(8-12)22-2/h3-5,8,11,13H,6-7,9-10H2,1-2H3,(H,17,19)(H,20,21). The van der Waals surface area contributed by atoms with E-state index in [0.717, 1.165) is 24.2 Å². The molecule has 6 heteroatoms. The van der Waals surface area contributed by atoms with Crippen LogP contribution in [0.4, 0.5) is 0 Å². The summed E-state index contributed by atoms with van der Waals surface area (Å²) < 4.78 is 5.14. The molecule has 6 nitrogen and oxygen atoms in total. The first-order valence-electron chi connectivity index (χ1n) is 7.39. The summed E-state index contributed by atoms with van der Waals surface area (Å²) in [5.74, 6) is -0.318. The van der Waals surface area contributed by atoms with Crippen molar-refractivity contribution in [2.75, 3.05) is 13.7 Å². The van der Waals surface area contributed by atoms with Crippen molar-refractivity contribution in [2.24, 2.45) is 0 Å². The minimum absolute atomic E-state index is 0.113. The zero-order valence-electron chi connectivity index (χ0n) is 12.9. The second-order valence-corrected chi connectivity index (χ2v) is 5.55. The fraction of sp³-hybridized carbons (Fsp3) is 0.500. The number of ether oxygens (including phenoxy) is 1. The maximum absolute atomic E-state index is 12.1.